The van der Waals surface area contributed by atoms with Gasteiger partial charge in [-0.05, 0) is 50.1 Å². The van der Waals surface area contributed by atoms with Crippen LogP contribution in [0.15, 0.2) is 24.3 Å². The summed E-state index contributed by atoms with van der Waals surface area (Å²) >= 11 is 0. The van der Waals surface area contributed by atoms with Gasteiger partial charge < -0.3 is 5.32 Å². The van der Waals surface area contributed by atoms with Gasteiger partial charge in [-0.3, -0.25) is 9.48 Å². The quantitative estimate of drug-likeness (QED) is 0.881. The Morgan fingerprint density at radius 3 is 2.44 bits per heavy atom. The maximum atomic E-state index is 12.1. The number of rotatable bonds is 2. The third-order valence-electron chi connectivity index (χ3n) is 3.00. The zero-order valence-electron chi connectivity index (χ0n) is 11.1. The number of nitrogens with one attached hydrogen (secondary N) is 1. The monoisotopic (exact) mass is 243 g/mol. The molecule has 1 heterocycles. The standard InChI is InChI=1S/C14H17N3O/c1-9-5-6-12(7-10(9)2)15-14(18)13-8-11(3)16-17(13)4/h5-8H,1-4H3,(H,15,18). The minimum atomic E-state index is -0.138. The summed E-state index contributed by atoms with van der Waals surface area (Å²) in [4.78, 5) is 12.1. The van der Waals surface area contributed by atoms with Crippen LogP contribution in [0.5, 0.6) is 0 Å². The van der Waals surface area contributed by atoms with Gasteiger partial charge in [0.2, 0.25) is 0 Å². The molecular formula is C14H17N3O. The van der Waals surface area contributed by atoms with Gasteiger partial charge in [-0.15, -0.1) is 0 Å². The SMILES string of the molecule is Cc1cc(C(=O)Nc2ccc(C)c(C)c2)n(C)n1. The second kappa shape index (κ2) is 4.64. The highest BCUT2D eigenvalue weighted by molar-refractivity contribution is 6.03. The predicted molar refractivity (Wildman–Crippen MR) is 71.8 cm³/mol. The third-order valence-corrected chi connectivity index (χ3v) is 3.00. The molecule has 0 aliphatic heterocycles. The highest BCUT2D eigenvalue weighted by Crippen LogP contribution is 2.15. The molecule has 18 heavy (non-hydrogen) atoms. The van der Waals surface area contributed by atoms with Gasteiger partial charge in [0.25, 0.3) is 5.91 Å². The zero-order chi connectivity index (χ0) is 13.3. The summed E-state index contributed by atoms with van der Waals surface area (Å²) in [5.74, 6) is -0.138. The van der Waals surface area contributed by atoms with E-state index in [1.54, 1.807) is 17.8 Å². The zero-order valence-corrected chi connectivity index (χ0v) is 11.1. The van der Waals surface area contributed by atoms with Gasteiger partial charge in [-0.1, -0.05) is 6.07 Å². The van der Waals surface area contributed by atoms with Crippen LogP contribution in [0.3, 0.4) is 0 Å². The highest BCUT2D eigenvalue weighted by Gasteiger charge is 2.11. The molecule has 1 N–H and O–H groups in total. The van der Waals surface area contributed by atoms with Crippen LogP contribution in [-0.2, 0) is 7.05 Å². The summed E-state index contributed by atoms with van der Waals surface area (Å²) in [6.45, 7) is 5.94. The fourth-order valence-electron chi connectivity index (χ4n) is 1.84. The molecule has 0 spiro atoms. The van der Waals surface area contributed by atoms with E-state index in [0.29, 0.717) is 5.69 Å². The van der Waals surface area contributed by atoms with Gasteiger partial charge in [0, 0.05) is 12.7 Å². The van der Waals surface area contributed by atoms with Crippen molar-refractivity contribution in [2.24, 2.45) is 7.05 Å². The highest BCUT2D eigenvalue weighted by atomic mass is 16.2. The summed E-state index contributed by atoms with van der Waals surface area (Å²) in [5.41, 5.74) is 4.58. The van der Waals surface area contributed by atoms with Crippen LogP contribution in [0.2, 0.25) is 0 Å². The molecule has 1 aromatic heterocycles. The number of amides is 1. The van der Waals surface area contributed by atoms with Gasteiger partial charge in [0.15, 0.2) is 0 Å². The van der Waals surface area contributed by atoms with Crippen LogP contribution in [0.4, 0.5) is 5.69 Å². The molecule has 0 aliphatic carbocycles. The fourth-order valence-corrected chi connectivity index (χ4v) is 1.84. The number of aryl methyl sites for hydroxylation is 4. The summed E-state index contributed by atoms with van der Waals surface area (Å²) < 4.78 is 1.59. The molecule has 2 aromatic rings. The first-order chi connectivity index (χ1) is 8.47. The number of hydrogen-bond acceptors (Lipinski definition) is 2. The van der Waals surface area contributed by atoms with Crippen LogP contribution in [-0.4, -0.2) is 15.7 Å². The molecule has 0 aliphatic rings. The van der Waals surface area contributed by atoms with Crippen molar-refractivity contribution >= 4 is 11.6 Å². The first-order valence-corrected chi connectivity index (χ1v) is 5.86. The van der Waals surface area contributed by atoms with Crippen molar-refractivity contribution in [3.05, 3.63) is 46.8 Å². The van der Waals surface area contributed by atoms with Gasteiger partial charge in [0.05, 0.1) is 5.69 Å². The number of hydrogen-bond donors (Lipinski definition) is 1. The molecule has 94 valence electrons. The second-order valence-electron chi connectivity index (χ2n) is 4.55. The molecule has 2 rings (SSSR count). The molecule has 0 unspecified atom stereocenters. The first kappa shape index (κ1) is 12.4. The van der Waals surface area contributed by atoms with Crippen LogP contribution < -0.4 is 5.32 Å². The van der Waals surface area contributed by atoms with E-state index < -0.39 is 0 Å². The Labute approximate surface area is 107 Å². The number of benzene rings is 1. The first-order valence-electron chi connectivity index (χ1n) is 5.86. The van der Waals surface area contributed by atoms with Crippen LogP contribution in [0.25, 0.3) is 0 Å². The normalized spacial score (nSPS) is 10.4. The molecule has 1 amide bonds. The Balaban J connectivity index is 2.21. The lowest BCUT2D eigenvalue weighted by atomic mass is 10.1. The van der Waals surface area contributed by atoms with E-state index in [2.05, 4.69) is 10.4 Å². The number of carbonyl (C=O) groups is 1. The molecule has 0 saturated heterocycles. The van der Waals surface area contributed by atoms with Gasteiger partial charge in [-0.2, -0.15) is 5.10 Å². The van der Waals surface area contributed by atoms with Crippen molar-refractivity contribution in [2.45, 2.75) is 20.8 Å². The number of nitrogens with zero attached hydrogens (tertiary/aromatic N) is 2. The predicted octanol–water partition coefficient (Wildman–Crippen LogP) is 2.60. The Hall–Kier alpha value is -2.10. The van der Waals surface area contributed by atoms with Gasteiger partial charge in [-0.25, -0.2) is 0 Å². The van der Waals surface area contributed by atoms with Crippen LogP contribution >= 0.6 is 0 Å². The average Bonchev–Trinajstić information content (AvgIpc) is 2.63. The van der Waals surface area contributed by atoms with Crippen LogP contribution in [0, 0.1) is 20.8 Å². The van der Waals surface area contributed by atoms with E-state index in [9.17, 15) is 4.79 Å². The van der Waals surface area contributed by atoms with Crippen molar-refractivity contribution in [2.75, 3.05) is 5.32 Å². The van der Waals surface area contributed by atoms with E-state index in [4.69, 9.17) is 0 Å². The smallest absolute Gasteiger partial charge is 0.273 e. The Bertz CT molecular complexity index is 599. The number of carbonyl (C=O) groups excluding carboxylic acids is 1. The average molecular weight is 243 g/mol. The van der Waals surface area contributed by atoms with Gasteiger partial charge in [0.1, 0.15) is 5.69 Å². The van der Waals surface area contributed by atoms with Crippen LogP contribution in [0.1, 0.15) is 27.3 Å². The Kier molecular flexibility index (Phi) is 3.19. The van der Waals surface area contributed by atoms with E-state index in [0.717, 1.165) is 16.9 Å². The molecule has 0 bridgehead atoms. The van der Waals surface area contributed by atoms with E-state index in [1.165, 1.54) is 5.56 Å². The molecule has 4 heteroatoms. The molecule has 0 atom stereocenters. The van der Waals surface area contributed by atoms with Crippen molar-refractivity contribution < 1.29 is 4.79 Å². The third kappa shape index (κ3) is 2.42. The number of anilines is 1. The van der Waals surface area contributed by atoms with Crippen molar-refractivity contribution in [1.82, 2.24) is 9.78 Å². The summed E-state index contributed by atoms with van der Waals surface area (Å²) in [6, 6.07) is 7.65. The fraction of sp³-hybridized carbons (Fsp3) is 0.286. The lowest BCUT2D eigenvalue weighted by Gasteiger charge is -2.07. The lowest BCUT2D eigenvalue weighted by molar-refractivity contribution is 0.101. The minimum Gasteiger partial charge on any atom is -0.321 e. The largest absolute Gasteiger partial charge is 0.321 e. The maximum absolute atomic E-state index is 12.1. The molecular weight excluding hydrogens is 226 g/mol. The molecule has 0 radical (unpaired) electrons. The summed E-state index contributed by atoms with van der Waals surface area (Å²) in [7, 11) is 1.77. The van der Waals surface area contributed by atoms with Crippen molar-refractivity contribution in [1.29, 1.82) is 0 Å². The lowest BCUT2D eigenvalue weighted by Crippen LogP contribution is -2.16. The number of aromatic nitrogens is 2. The van der Waals surface area contributed by atoms with E-state index in [-0.39, 0.29) is 5.91 Å². The van der Waals surface area contributed by atoms with Gasteiger partial charge >= 0.3 is 0 Å². The molecule has 0 fully saturated rings. The molecule has 4 nitrogen and oxygen atoms in total. The van der Waals surface area contributed by atoms with Crippen molar-refractivity contribution in [3.8, 4) is 0 Å². The summed E-state index contributed by atoms with van der Waals surface area (Å²) in [5, 5.41) is 7.04. The van der Waals surface area contributed by atoms with E-state index >= 15 is 0 Å². The summed E-state index contributed by atoms with van der Waals surface area (Å²) in [6.07, 6.45) is 0. The Morgan fingerprint density at radius 1 is 1.17 bits per heavy atom. The molecule has 1 aromatic carbocycles. The van der Waals surface area contributed by atoms with E-state index in [1.807, 2.05) is 39.0 Å². The topological polar surface area (TPSA) is 46.9 Å². The molecule has 0 saturated carbocycles. The minimum absolute atomic E-state index is 0.138. The Morgan fingerprint density at radius 2 is 1.89 bits per heavy atom. The maximum Gasteiger partial charge on any atom is 0.273 e. The van der Waals surface area contributed by atoms with Crippen molar-refractivity contribution in [3.63, 3.8) is 0 Å². The second-order valence-corrected chi connectivity index (χ2v) is 4.55.